The summed E-state index contributed by atoms with van der Waals surface area (Å²) >= 11 is 18.1. The average Bonchev–Trinajstić information content (AvgIpc) is 2.40. The number of rotatable bonds is 3. The zero-order chi connectivity index (χ0) is 14.0. The van der Waals surface area contributed by atoms with E-state index >= 15 is 0 Å². The molecule has 0 aliphatic rings. The van der Waals surface area contributed by atoms with Crippen LogP contribution in [-0.4, -0.2) is 16.7 Å². The minimum absolute atomic E-state index is 0.0273. The SMILES string of the molecule is OC(O)Oc1cc(-c2ccccc2)c(Cl)c(Cl)c1Cl. The summed E-state index contributed by atoms with van der Waals surface area (Å²) in [5.74, 6) is 0.0462. The van der Waals surface area contributed by atoms with E-state index in [4.69, 9.17) is 49.8 Å². The van der Waals surface area contributed by atoms with Crippen LogP contribution >= 0.6 is 34.8 Å². The zero-order valence-corrected chi connectivity index (χ0v) is 11.7. The maximum Gasteiger partial charge on any atom is 0.310 e. The number of hydrogen-bond donors (Lipinski definition) is 2. The van der Waals surface area contributed by atoms with Gasteiger partial charge in [0.1, 0.15) is 10.8 Å². The Morgan fingerprint density at radius 1 is 0.895 bits per heavy atom. The summed E-state index contributed by atoms with van der Waals surface area (Å²) < 4.78 is 4.78. The Hall–Kier alpha value is -0.970. The molecule has 2 aromatic rings. The summed E-state index contributed by atoms with van der Waals surface area (Å²) in [5.41, 5.74) is 1.40. The lowest BCUT2D eigenvalue weighted by Gasteiger charge is -2.14. The highest BCUT2D eigenvalue weighted by atomic mass is 35.5. The smallest absolute Gasteiger partial charge is 0.310 e. The summed E-state index contributed by atoms with van der Waals surface area (Å²) in [6.07, 6.45) is 0. The van der Waals surface area contributed by atoms with Gasteiger partial charge < -0.3 is 14.9 Å². The quantitative estimate of drug-likeness (QED) is 0.665. The molecular formula is C13H9Cl3O3. The number of halogens is 3. The van der Waals surface area contributed by atoms with Gasteiger partial charge in [-0.05, 0) is 11.6 Å². The minimum atomic E-state index is -1.99. The van der Waals surface area contributed by atoms with E-state index in [2.05, 4.69) is 0 Å². The topological polar surface area (TPSA) is 49.7 Å². The van der Waals surface area contributed by atoms with E-state index in [1.807, 2.05) is 30.3 Å². The fourth-order valence-electron chi connectivity index (χ4n) is 1.61. The molecule has 0 spiro atoms. The Bertz CT molecular complexity index is 585. The van der Waals surface area contributed by atoms with Gasteiger partial charge in [0.25, 0.3) is 0 Å². The van der Waals surface area contributed by atoms with E-state index in [9.17, 15) is 0 Å². The highest BCUT2D eigenvalue weighted by Gasteiger charge is 2.17. The first-order valence-corrected chi connectivity index (χ1v) is 6.40. The first kappa shape index (κ1) is 14.4. The molecule has 0 aromatic heterocycles. The Morgan fingerprint density at radius 3 is 2.11 bits per heavy atom. The third-order valence-electron chi connectivity index (χ3n) is 2.43. The molecule has 2 rings (SSSR count). The van der Waals surface area contributed by atoms with Crippen LogP contribution in [0.2, 0.25) is 15.1 Å². The Balaban J connectivity index is 2.59. The van der Waals surface area contributed by atoms with Crippen LogP contribution in [0.25, 0.3) is 11.1 Å². The molecule has 0 fully saturated rings. The molecule has 2 aromatic carbocycles. The lowest BCUT2D eigenvalue weighted by atomic mass is 10.1. The number of aliphatic hydroxyl groups excluding tert-OH is 1. The number of aliphatic hydroxyl groups is 2. The van der Waals surface area contributed by atoms with Crippen molar-refractivity contribution in [3.8, 4) is 16.9 Å². The molecule has 0 heterocycles. The van der Waals surface area contributed by atoms with Gasteiger partial charge >= 0.3 is 6.48 Å². The van der Waals surface area contributed by atoms with E-state index in [1.165, 1.54) is 6.07 Å². The van der Waals surface area contributed by atoms with Crippen LogP contribution in [0.15, 0.2) is 36.4 Å². The summed E-state index contributed by atoms with van der Waals surface area (Å²) in [7, 11) is 0. The Morgan fingerprint density at radius 2 is 1.53 bits per heavy atom. The first-order chi connectivity index (χ1) is 9.00. The Kier molecular flexibility index (Phi) is 4.55. The molecule has 0 aliphatic carbocycles. The summed E-state index contributed by atoms with van der Waals surface area (Å²) in [4.78, 5) is 0. The van der Waals surface area contributed by atoms with Crippen molar-refractivity contribution in [1.29, 1.82) is 0 Å². The molecule has 0 radical (unpaired) electrons. The van der Waals surface area contributed by atoms with Crippen molar-refractivity contribution in [1.82, 2.24) is 0 Å². The lowest BCUT2D eigenvalue weighted by molar-refractivity contribution is -0.179. The van der Waals surface area contributed by atoms with Gasteiger partial charge in [-0.15, -0.1) is 0 Å². The second-order valence-electron chi connectivity index (χ2n) is 3.67. The fraction of sp³-hybridized carbons (Fsp3) is 0.0769. The molecule has 2 N–H and O–H groups in total. The van der Waals surface area contributed by atoms with Crippen LogP contribution in [0.3, 0.4) is 0 Å². The van der Waals surface area contributed by atoms with Crippen molar-refractivity contribution in [2.24, 2.45) is 0 Å². The summed E-state index contributed by atoms with van der Waals surface area (Å²) in [6.45, 7) is -1.99. The number of hydrogen-bond acceptors (Lipinski definition) is 3. The van der Waals surface area contributed by atoms with Crippen LogP contribution in [0.4, 0.5) is 0 Å². The largest absolute Gasteiger partial charge is 0.440 e. The van der Waals surface area contributed by atoms with Crippen molar-refractivity contribution in [3.63, 3.8) is 0 Å². The highest BCUT2D eigenvalue weighted by molar-refractivity contribution is 6.49. The van der Waals surface area contributed by atoms with Gasteiger partial charge in [0.15, 0.2) is 0 Å². The monoisotopic (exact) mass is 318 g/mol. The molecule has 0 aliphatic heterocycles. The summed E-state index contributed by atoms with van der Waals surface area (Å²) in [6, 6.07) is 10.7. The maximum atomic E-state index is 8.85. The molecule has 6 heteroatoms. The second-order valence-corrected chi connectivity index (χ2v) is 4.81. The normalized spacial score (nSPS) is 10.8. The minimum Gasteiger partial charge on any atom is -0.440 e. The van der Waals surface area contributed by atoms with Crippen LogP contribution < -0.4 is 4.74 Å². The molecule has 0 unspecified atom stereocenters. The molecule has 0 saturated carbocycles. The number of ether oxygens (including phenoxy) is 1. The molecule has 0 bridgehead atoms. The fourth-order valence-corrected chi connectivity index (χ4v) is 2.30. The van der Waals surface area contributed by atoms with Gasteiger partial charge in [0.2, 0.25) is 0 Å². The van der Waals surface area contributed by atoms with Gasteiger partial charge in [-0.2, -0.15) is 0 Å². The molecule has 3 nitrogen and oxygen atoms in total. The predicted octanol–water partition coefficient (Wildman–Crippen LogP) is 3.96. The van der Waals surface area contributed by atoms with Gasteiger partial charge in [-0.25, -0.2) is 0 Å². The van der Waals surface area contributed by atoms with Gasteiger partial charge in [0, 0.05) is 5.56 Å². The molecule has 0 atom stereocenters. The van der Waals surface area contributed by atoms with Crippen LogP contribution in [-0.2, 0) is 0 Å². The van der Waals surface area contributed by atoms with Crippen LogP contribution in [0.5, 0.6) is 5.75 Å². The average molecular weight is 320 g/mol. The van der Waals surface area contributed by atoms with Gasteiger partial charge in [-0.1, -0.05) is 65.1 Å². The Labute approximate surface area is 124 Å². The van der Waals surface area contributed by atoms with Gasteiger partial charge in [0.05, 0.1) is 10.0 Å². The first-order valence-electron chi connectivity index (χ1n) is 5.26. The predicted molar refractivity (Wildman–Crippen MR) is 75.8 cm³/mol. The molecule has 100 valence electrons. The third-order valence-corrected chi connectivity index (χ3v) is 3.77. The van der Waals surface area contributed by atoms with Crippen molar-refractivity contribution in [3.05, 3.63) is 51.5 Å². The van der Waals surface area contributed by atoms with Crippen molar-refractivity contribution < 1.29 is 14.9 Å². The molecule has 0 saturated heterocycles. The molecule has 0 amide bonds. The standard InChI is InChI=1S/C13H9Cl3O3/c14-10-8(7-4-2-1-3-5-7)6-9(19-13(17)18)11(15)12(10)16/h1-6,13,17-18H. The van der Waals surface area contributed by atoms with Crippen LogP contribution in [0, 0.1) is 0 Å². The van der Waals surface area contributed by atoms with E-state index < -0.39 is 6.48 Å². The highest BCUT2D eigenvalue weighted by Crippen LogP contribution is 2.43. The van der Waals surface area contributed by atoms with Crippen molar-refractivity contribution in [2.45, 2.75) is 6.48 Å². The lowest BCUT2D eigenvalue weighted by Crippen LogP contribution is -2.13. The maximum absolute atomic E-state index is 8.85. The van der Waals surface area contributed by atoms with Crippen molar-refractivity contribution >= 4 is 34.8 Å². The summed E-state index contributed by atoms with van der Waals surface area (Å²) in [5, 5.41) is 18.1. The van der Waals surface area contributed by atoms with Gasteiger partial charge in [-0.3, -0.25) is 0 Å². The van der Waals surface area contributed by atoms with E-state index in [0.717, 1.165) is 5.56 Å². The molecular weight excluding hydrogens is 310 g/mol. The second kappa shape index (κ2) is 5.99. The van der Waals surface area contributed by atoms with E-state index in [-0.39, 0.29) is 20.8 Å². The van der Waals surface area contributed by atoms with E-state index in [1.54, 1.807) is 0 Å². The van der Waals surface area contributed by atoms with Crippen LogP contribution in [0.1, 0.15) is 0 Å². The van der Waals surface area contributed by atoms with Crippen molar-refractivity contribution in [2.75, 3.05) is 0 Å². The third kappa shape index (κ3) is 3.14. The van der Waals surface area contributed by atoms with E-state index in [0.29, 0.717) is 5.56 Å². The zero-order valence-electron chi connectivity index (χ0n) is 9.48. The number of benzene rings is 2. The molecule has 19 heavy (non-hydrogen) atoms.